The van der Waals surface area contributed by atoms with E-state index < -0.39 is 10.0 Å². The number of hydrogen-bond donors (Lipinski definition) is 2. The standard InChI is InChI=1S/C9H13BrN2O2S2.ClH/c10-8-3-5-15-9(8)16(13,14)12-7-2-1-4-11-6-7;/h3,5,7,11-12H,1-2,4,6H2;1H/t7-;/m0./s1. The van der Waals surface area contributed by atoms with E-state index in [0.717, 1.165) is 19.4 Å². The third-order valence-corrected chi connectivity index (χ3v) is 6.64. The number of rotatable bonds is 3. The first-order valence-corrected chi connectivity index (χ1v) is 8.21. The van der Waals surface area contributed by atoms with Gasteiger partial charge in [-0.25, -0.2) is 13.1 Å². The molecular weight excluding hydrogens is 348 g/mol. The Labute approximate surface area is 120 Å². The lowest BCUT2D eigenvalue weighted by molar-refractivity contribution is 0.429. The molecule has 17 heavy (non-hydrogen) atoms. The Hall–Kier alpha value is 0.340. The first-order valence-electron chi connectivity index (χ1n) is 5.05. The summed E-state index contributed by atoms with van der Waals surface area (Å²) in [6, 6.07) is 1.76. The van der Waals surface area contributed by atoms with Gasteiger partial charge >= 0.3 is 0 Å². The monoisotopic (exact) mass is 360 g/mol. The molecule has 0 spiro atoms. The third-order valence-electron chi connectivity index (χ3n) is 2.45. The molecule has 1 aromatic heterocycles. The van der Waals surface area contributed by atoms with Crippen molar-refractivity contribution in [1.29, 1.82) is 0 Å². The fourth-order valence-corrected chi connectivity index (χ4v) is 5.32. The number of sulfonamides is 1. The third kappa shape index (κ3) is 3.90. The second-order valence-electron chi connectivity index (χ2n) is 3.72. The van der Waals surface area contributed by atoms with Crippen LogP contribution in [0.1, 0.15) is 12.8 Å². The Morgan fingerprint density at radius 2 is 2.29 bits per heavy atom. The Kier molecular flexibility index (Phi) is 5.88. The topological polar surface area (TPSA) is 58.2 Å². The normalized spacial score (nSPS) is 20.9. The van der Waals surface area contributed by atoms with Crippen LogP contribution in [0.4, 0.5) is 0 Å². The van der Waals surface area contributed by atoms with Crippen LogP contribution in [0.5, 0.6) is 0 Å². The molecule has 1 aliphatic rings. The molecule has 98 valence electrons. The maximum absolute atomic E-state index is 12.0. The van der Waals surface area contributed by atoms with Crippen LogP contribution in [0.3, 0.4) is 0 Å². The first-order chi connectivity index (χ1) is 7.59. The molecule has 1 saturated heterocycles. The minimum atomic E-state index is -3.37. The summed E-state index contributed by atoms with van der Waals surface area (Å²) in [4.78, 5) is 0. The molecule has 2 rings (SSSR count). The van der Waals surface area contributed by atoms with Crippen molar-refractivity contribution < 1.29 is 8.42 Å². The molecule has 1 aromatic rings. The van der Waals surface area contributed by atoms with Gasteiger partial charge in [-0.05, 0) is 46.8 Å². The van der Waals surface area contributed by atoms with Crippen LogP contribution in [0.25, 0.3) is 0 Å². The summed E-state index contributed by atoms with van der Waals surface area (Å²) < 4.78 is 27.8. The van der Waals surface area contributed by atoms with Crippen LogP contribution in [0.2, 0.25) is 0 Å². The summed E-state index contributed by atoms with van der Waals surface area (Å²) in [6.45, 7) is 1.68. The highest BCUT2D eigenvalue weighted by Crippen LogP contribution is 2.27. The van der Waals surface area contributed by atoms with Gasteiger partial charge in [-0.1, -0.05) is 0 Å². The van der Waals surface area contributed by atoms with Gasteiger partial charge in [0, 0.05) is 17.1 Å². The van der Waals surface area contributed by atoms with Gasteiger partial charge < -0.3 is 5.32 Å². The van der Waals surface area contributed by atoms with Crippen molar-refractivity contribution in [2.24, 2.45) is 0 Å². The van der Waals surface area contributed by atoms with Crippen LogP contribution in [0.15, 0.2) is 20.1 Å². The summed E-state index contributed by atoms with van der Waals surface area (Å²) in [7, 11) is -3.37. The molecule has 0 aliphatic carbocycles. The average Bonchev–Trinajstić information content (AvgIpc) is 2.66. The van der Waals surface area contributed by atoms with Crippen molar-refractivity contribution in [3.63, 3.8) is 0 Å². The van der Waals surface area contributed by atoms with Gasteiger partial charge in [-0.2, -0.15) is 0 Å². The summed E-state index contributed by atoms with van der Waals surface area (Å²) in [5.41, 5.74) is 0. The fourth-order valence-electron chi connectivity index (χ4n) is 1.70. The highest BCUT2D eigenvalue weighted by atomic mass is 79.9. The molecule has 0 radical (unpaired) electrons. The Morgan fingerprint density at radius 3 is 2.82 bits per heavy atom. The summed E-state index contributed by atoms with van der Waals surface area (Å²) >= 11 is 4.47. The van der Waals surface area contributed by atoms with E-state index in [-0.39, 0.29) is 18.4 Å². The lowest BCUT2D eigenvalue weighted by Gasteiger charge is -2.23. The molecule has 1 fully saturated rings. The van der Waals surface area contributed by atoms with Gasteiger partial charge in [-0.3, -0.25) is 0 Å². The quantitative estimate of drug-likeness (QED) is 0.865. The summed E-state index contributed by atoms with van der Waals surface area (Å²) in [5, 5.41) is 4.94. The second-order valence-corrected chi connectivity index (χ2v) is 7.40. The maximum atomic E-state index is 12.0. The molecule has 0 amide bonds. The summed E-state index contributed by atoms with van der Waals surface area (Å²) in [5.74, 6) is 0. The van der Waals surface area contributed by atoms with E-state index in [1.165, 1.54) is 11.3 Å². The average molecular weight is 362 g/mol. The van der Waals surface area contributed by atoms with Crippen molar-refractivity contribution >= 4 is 49.7 Å². The first kappa shape index (κ1) is 15.4. The molecule has 1 atom stereocenters. The van der Waals surface area contributed by atoms with E-state index in [0.29, 0.717) is 15.2 Å². The van der Waals surface area contributed by atoms with E-state index >= 15 is 0 Å². The highest BCUT2D eigenvalue weighted by molar-refractivity contribution is 9.10. The summed E-state index contributed by atoms with van der Waals surface area (Å²) in [6.07, 6.45) is 1.91. The SMILES string of the molecule is Cl.O=S(=O)(N[C@H]1CCCNC1)c1sccc1Br. The predicted octanol–water partition coefficient (Wildman–Crippen LogP) is 1.96. The van der Waals surface area contributed by atoms with Gasteiger partial charge in [0.1, 0.15) is 4.21 Å². The van der Waals surface area contributed by atoms with Crippen molar-refractivity contribution in [2.45, 2.75) is 23.1 Å². The van der Waals surface area contributed by atoms with Gasteiger partial charge in [0.05, 0.1) is 0 Å². The molecule has 0 bridgehead atoms. The largest absolute Gasteiger partial charge is 0.315 e. The number of halogens is 2. The lowest BCUT2D eigenvalue weighted by atomic mass is 10.1. The molecule has 1 aliphatic heterocycles. The lowest BCUT2D eigenvalue weighted by Crippen LogP contribution is -2.45. The van der Waals surface area contributed by atoms with Crippen molar-refractivity contribution in [2.75, 3.05) is 13.1 Å². The number of hydrogen-bond acceptors (Lipinski definition) is 4. The Bertz CT molecular complexity index is 457. The zero-order valence-corrected chi connectivity index (χ0v) is 13.0. The van der Waals surface area contributed by atoms with Crippen molar-refractivity contribution in [3.05, 3.63) is 15.9 Å². The molecule has 2 N–H and O–H groups in total. The minimum Gasteiger partial charge on any atom is -0.315 e. The molecule has 8 heteroatoms. The fraction of sp³-hybridized carbons (Fsp3) is 0.556. The van der Waals surface area contributed by atoms with Crippen LogP contribution in [0, 0.1) is 0 Å². The van der Waals surface area contributed by atoms with Crippen LogP contribution < -0.4 is 10.0 Å². The Balaban J connectivity index is 0.00000144. The zero-order chi connectivity index (χ0) is 11.6. The van der Waals surface area contributed by atoms with E-state index in [2.05, 4.69) is 26.0 Å². The van der Waals surface area contributed by atoms with Gasteiger partial charge in [0.15, 0.2) is 0 Å². The van der Waals surface area contributed by atoms with E-state index in [1.807, 2.05) is 0 Å². The van der Waals surface area contributed by atoms with Crippen LogP contribution in [-0.4, -0.2) is 27.5 Å². The van der Waals surface area contributed by atoms with Crippen LogP contribution in [-0.2, 0) is 10.0 Å². The molecule has 0 aromatic carbocycles. The van der Waals surface area contributed by atoms with Crippen molar-refractivity contribution in [3.8, 4) is 0 Å². The van der Waals surface area contributed by atoms with Crippen molar-refractivity contribution in [1.82, 2.24) is 10.0 Å². The number of thiophene rings is 1. The smallest absolute Gasteiger partial charge is 0.251 e. The van der Waals surface area contributed by atoms with Crippen LogP contribution >= 0.6 is 39.7 Å². The zero-order valence-electron chi connectivity index (χ0n) is 8.98. The molecule has 2 heterocycles. The molecule has 4 nitrogen and oxygen atoms in total. The van der Waals surface area contributed by atoms with E-state index in [9.17, 15) is 8.42 Å². The molecule has 0 unspecified atom stereocenters. The van der Waals surface area contributed by atoms with E-state index in [4.69, 9.17) is 0 Å². The van der Waals surface area contributed by atoms with Gasteiger partial charge in [-0.15, -0.1) is 23.7 Å². The molecular formula is C9H14BrClN2O2S2. The Morgan fingerprint density at radius 1 is 1.53 bits per heavy atom. The number of nitrogens with one attached hydrogen (secondary N) is 2. The second kappa shape index (κ2) is 6.49. The highest BCUT2D eigenvalue weighted by Gasteiger charge is 2.24. The predicted molar refractivity (Wildman–Crippen MR) is 75.5 cm³/mol. The molecule has 0 saturated carbocycles. The van der Waals surface area contributed by atoms with Gasteiger partial charge in [0.25, 0.3) is 10.0 Å². The number of piperidine rings is 1. The maximum Gasteiger partial charge on any atom is 0.251 e. The minimum absolute atomic E-state index is 0. The van der Waals surface area contributed by atoms with E-state index in [1.54, 1.807) is 11.4 Å². The van der Waals surface area contributed by atoms with Gasteiger partial charge in [0.2, 0.25) is 0 Å².